The maximum Gasteiger partial charge on any atom is 0.255 e. The maximum absolute atomic E-state index is 13.1. The predicted molar refractivity (Wildman–Crippen MR) is 130 cm³/mol. The van der Waals surface area contributed by atoms with Crippen molar-refractivity contribution in [3.8, 4) is 5.75 Å². The number of rotatable bonds is 8. The van der Waals surface area contributed by atoms with E-state index >= 15 is 0 Å². The molecule has 1 aliphatic rings. The van der Waals surface area contributed by atoms with E-state index in [-0.39, 0.29) is 37.9 Å². The molecule has 0 saturated carbocycles. The smallest absolute Gasteiger partial charge is 0.255 e. The number of ether oxygens (including phenoxy) is 1. The summed E-state index contributed by atoms with van der Waals surface area (Å²) in [4.78, 5) is 12.8. The number of anilines is 1. The highest BCUT2D eigenvalue weighted by Crippen LogP contribution is 2.30. The first-order valence-corrected chi connectivity index (χ1v) is 14.1. The highest BCUT2D eigenvalue weighted by molar-refractivity contribution is 7.89. The molecule has 0 aromatic heterocycles. The number of amides is 1. The molecule has 1 amide bonds. The summed E-state index contributed by atoms with van der Waals surface area (Å²) in [5, 5.41) is 2.63. The van der Waals surface area contributed by atoms with Gasteiger partial charge in [0.15, 0.2) is 0 Å². The standard InChI is InChI=1S/C22H28ClN3O6S2/c1-15(2)25-33(28,29)17-8-10-20(32-3)19(14-17)24-22(27)16-7-9-18(23)21(13-16)34(30,31)26-11-5-4-6-12-26/h7-10,13-15,25H,4-6,11-12H2,1-3H3,(H,24,27). The minimum Gasteiger partial charge on any atom is -0.495 e. The van der Waals surface area contributed by atoms with Gasteiger partial charge in [0.25, 0.3) is 5.91 Å². The van der Waals surface area contributed by atoms with Crippen LogP contribution in [0.1, 0.15) is 43.5 Å². The number of nitrogens with zero attached hydrogens (tertiary/aromatic N) is 1. The Morgan fingerprint density at radius 2 is 1.71 bits per heavy atom. The summed E-state index contributed by atoms with van der Waals surface area (Å²) in [5.74, 6) is -0.400. The number of carbonyl (C=O) groups is 1. The second-order valence-corrected chi connectivity index (χ2v) is 12.2. The fourth-order valence-electron chi connectivity index (χ4n) is 3.61. The van der Waals surface area contributed by atoms with Crippen molar-refractivity contribution in [1.82, 2.24) is 9.03 Å². The summed E-state index contributed by atoms with van der Waals surface area (Å²) in [5.41, 5.74) is 0.171. The van der Waals surface area contributed by atoms with Gasteiger partial charge in [-0.05, 0) is 63.1 Å². The number of benzene rings is 2. The van der Waals surface area contributed by atoms with Crippen LogP contribution in [-0.2, 0) is 20.0 Å². The summed E-state index contributed by atoms with van der Waals surface area (Å²) in [7, 11) is -6.29. The minimum atomic E-state index is -3.86. The Balaban J connectivity index is 1.93. The van der Waals surface area contributed by atoms with E-state index in [0.717, 1.165) is 19.3 Å². The van der Waals surface area contributed by atoms with Crippen LogP contribution in [0.5, 0.6) is 5.75 Å². The van der Waals surface area contributed by atoms with Gasteiger partial charge >= 0.3 is 0 Å². The lowest BCUT2D eigenvalue weighted by molar-refractivity contribution is 0.102. The second kappa shape index (κ2) is 10.6. The average molecular weight is 530 g/mol. The van der Waals surface area contributed by atoms with Crippen molar-refractivity contribution in [2.45, 2.75) is 48.9 Å². The SMILES string of the molecule is COc1ccc(S(=O)(=O)NC(C)C)cc1NC(=O)c1ccc(Cl)c(S(=O)(=O)N2CCCCC2)c1. The average Bonchev–Trinajstić information content (AvgIpc) is 2.79. The minimum absolute atomic E-state index is 0.0209. The molecular weight excluding hydrogens is 502 g/mol. The molecule has 34 heavy (non-hydrogen) atoms. The van der Waals surface area contributed by atoms with Crippen LogP contribution in [0, 0.1) is 0 Å². The number of sulfonamides is 2. The van der Waals surface area contributed by atoms with E-state index in [2.05, 4.69) is 10.0 Å². The molecule has 0 unspecified atom stereocenters. The normalized spacial score (nSPS) is 15.3. The first kappa shape index (κ1) is 26.4. The molecular formula is C22H28ClN3O6S2. The zero-order chi connectivity index (χ0) is 25.1. The van der Waals surface area contributed by atoms with Gasteiger partial charge < -0.3 is 10.1 Å². The molecule has 12 heteroatoms. The van der Waals surface area contributed by atoms with E-state index in [4.69, 9.17) is 16.3 Å². The summed E-state index contributed by atoms with van der Waals surface area (Å²) in [6, 6.07) is 7.75. The van der Waals surface area contributed by atoms with E-state index < -0.39 is 26.0 Å². The van der Waals surface area contributed by atoms with Crippen molar-refractivity contribution in [3.05, 3.63) is 47.0 Å². The quantitative estimate of drug-likeness (QED) is 0.540. The van der Waals surface area contributed by atoms with E-state index in [1.807, 2.05) is 0 Å². The number of halogens is 1. The van der Waals surface area contributed by atoms with Crippen molar-refractivity contribution in [1.29, 1.82) is 0 Å². The summed E-state index contributed by atoms with van der Waals surface area (Å²) in [6.45, 7) is 4.19. The fraction of sp³-hybridized carbons (Fsp3) is 0.409. The molecule has 9 nitrogen and oxygen atoms in total. The van der Waals surface area contributed by atoms with Gasteiger partial charge in [0.1, 0.15) is 10.6 Å². The summed E-state index contributed by atoms with van der Waals surface area (Å²) >= 11 is 6.19. The van der Waals surface area contributed by atoms with Crippen LogP contribution < -0.4 is 14.8 Å². The Hall–Kier alpha value is -2.18. The Bertz CT molecular complexity index is 1270. The Kier molecular flexibility index (Phi) is 8.25. The Morgan fingerprint density at radius 3 is 2.32 bits per heavy atom. The molecule has 0 radical (unpaired) electrons. The zero-order valence-electron chi connectivity index (χ0n) is 19.2. The molecule has 2 N–H and O–H groups in total. The van der Waals surface area contributed by atoms with Crippen LogP contribution >= 0.6 is 11.6 Å². The van der Waals surface area contributed by atoms with Gasteiger partial charge in [-0.1, -0.05) is 18.0 Å². The molecule has 0 atom stereocenters. The van der Waals surface area contributed by atoms with Gasteiger partial charge in [-0.25, -0.2) is 21.6 Å². The number of piperidine rings is 1. The van der Waals surface area contributed by atoms with Gasteiger partial charge in [-0.2, -0.15) is 4.31 Å². The van der Waals surface area contributed by atoms with Crippen molar-refractivity contribution < 1.29 is 26.4 Å². The molecule has 0 spiro atoms. The van der Waals surface area contributed by atoms with Crippen LogP contribution in [0.15, 0.2) is 46.2 Å². The van der Waals surface area contributed by atoms with E-state index in [1.54, 1.807) is 13.8 Å². The van der Waals surface area contributed by atoms with Gasteiger partial charge in [-0.3, -0.25) is 4.79 Å². The van der Waals surface area contributed by atoms with E-state index in [1.165, 1.54) is 47.8 Å². The molecule has 1 aliphatic heterocycles. The van der Waals surface area contributed by atoms with Crippen molar-refractivity contribution in [2.75, 3.05) is 25.5 Å². The van der Waals surface area contributed by atoms with E-state index in [0.29, 0.717) is 13.1 Å². The number of hydrogen-bond donors (Lipinski definition) is 2. The molecule has 2 aromatic carbocycles. The lowest BCUT2D eigenvalue weighted by Crippen LogP contribution is -2.35. The first-order chi connectivity index (χ1) is 16.0. The first-order valence-electron chi connectivity index (χ1n) is 10.8. The van der Waals surface area contributed by atoms with Crippen LogP contribution in [0.3, 0.4) is 0 Å². The number of nitrogens with one attached hydrogen (secondary N) is 2. The molecule has 2 aromatic rings. The van der Waals surface area contributed by atoms with Crippen molar-refractivity contribution in [3.63, 3.8) is 0 Å². The largest absolute Gasteiger partial charge is 0.495 e. The number of hydrogen-bond acceptors (Lipinski definition) is 6. The monoisotopic (exact) mass is 529 g/mol. The summed E-state index contributed by atoms with van der Waals surface area (Å²) < 4.78 is 60.4. The second-order valence-electron chi connectivity index (χ2n) is 8.20. The molecule has 1 heterocycles. The van der Waals surface area contributed by atoms with Crippen LogP contribution in [0.25, 0.3) is 0 Å². The molecule has 0 aliphatic carbocycles. The van der Waals surface area contributed by atoms with Crippen LogP contribution in [-0.4, -0.2) is 53.3 Å². The highest BCUT2D eigenvalue weighted by Gasteiger charge is 2.29. The third-order valence-electron chi connectivity index (χ3n) is 5.25. The van der Waals surface area contributed by atoms with Gasteiger partial charge in [0.2, 0.25) is 20.0 Å². The molecule has 1 saturated heterocycles. The number of carbonyl (C=O) groups excluding carboxylic acids is 1. The van der Waals surface area contributed by atoms with Crippen LogP contribution in [0.2, 0.25) is 5.02 Å². The maximum atomic E-state index is 13.1. The molecule has 0 bridgehead atoms. The van der Waals surface area contributed by atoms with Crippen LogP contribution in [0.4, 0.5) is 5.69 Å². The molecule has 186 valence electrons. The predicted octanol–water partition coefficient (Wildman–Crippen LogP) is 3.46. The third kappa shape index (κ3) is 5.89. The van der Waals surface area contributed by atoms with Gasteiger partial charge in [0.05, 0.1) is 22.7 Å². The zero-order valence-corrected chi connectivity index (χ0v) is 21.6. The fourth-order valence-corrected chi connectivity index (χ4v) is 6.91. The summed E-state index contributed by atoms with van der Waals surface area (Å²) in [6.07, 6.45) is 2.50. The Labute approximate surface area is 205 Å². The van der Waals surface area contributed by atoms with Crippen molar-refractivity contribution in [2.24, 2.45) is 0 Å². The lowest BCUT2D eigenvalue weighted by atomic mass is 10.2. The Morgan fingerprint density at radius 1 is 1.03 bits per heavy atom. The van der Waals surface area contributed by atoms with E-state index in [9.17, 15) is 21.6 Å². The van der Waals surface area contributed by atoms with Gasteiger partial charge in [0, 0.05) is 24.7 Å². The highest BCUT2D eigenvalue weighted by atomic mass is 35.5. The molecule has 1 fully saturated rings. The topological polar surface area (TPSA) is 122 Å². The lowest BCUT2D eigenvalue weighted by Gasteiger charge is -2.26. The molecule has 3 rings (SSSR count). The third-order valence-corrected chi connectivity index (χ3v) is 9.28. The van der Waals surface area contributed by atoms with Crippen molar-refractivity contribution >= 4 is 43.2 Å². The van der Waals surface area contributed by atoms with Gasteiger partial charge in [-0.15, -0.1) is 0 Å². The number of methoxy groups -OCH3 is 1.